The third-order valence-electron chi connectivity index (χ3n) is 4.18. The van der Waals surface area contributed by atoms with Gasteiger partial charge in [0.25, 0.3) is 0 Å². The average Bonchev–Trinajstić information content (AvgIpc) is 2.83. The summed E-state index contributed by atoms with van der Waals surface area (Å²) in [4.78, 5) is 10.4. The molecular weight excluding hydrogens is 288 g/mol. The van der Waals surface area contributed by atoms with Crippen molar-refractivity contribution in [2.75, 3.05) is 29.5 Å². The minimum atomic E-state index is 0.0769. The van der Waals surface area contributed by atoms with E-state index in [1.807, 2.05) is 12.1 Å². The quantitative estimate of drug-likeness (QED) is 0.883. The van der Waals surface area contributed by atoms with Gasteiger partial charge in [-0.3, -0.25) is 0 Å². The normalized spacial score (nSPS) is 15.0. The standard InChI is InChI=1S/C17H20N6/c18-11-14-15(21-17(20)22-16(14)19)12-5-7-13(8-6-12)23-9-3-1-2-4-10-23/h5-8H,1-4,9-10H2,(H4,19,20,21,22). The fraction of sp³-hybridized carbons (Fsp3) is 0.353. The summed E-state index contributed by atoms with van der Waals surface area (Å²) in [6.07, 6.45) is 5.08. The zero-order chi connectivity index (χ0) is 16.2. The van der Waals surface area contributed by atoms with Crippen molar-refractivity contribution >= 4 is 17.5 Å². The zero-order valence-electron chi connectivity index (χ0n) is 13.0. The lowest BCUT2D eigenvalue weighted by atomic mass is 10.1. The van der Waals surface area contributed by atoms with E-state index < -0.39 is 0 Å². The molecule has 3 rings (SSSR count). The first-order chi connectivity index (χ1) is 11.2. The van der Waals surface area contributed by atoms with Gasteiger partial charge in [0.1, 0.15) is 17.5 Å². The first kappa shape index (κ1) is 15.1. The molecule has 6 heteroatoms. The second-order valence-corrected chi connectivity index (χ2v) is 5.75. The zero-order valence-corrected chi connectivity index (χ0v) is 13.0. The summed E-state index contributed by atoms with van der Waals surface area (Å²) in [7, 11) is 0. The Morgan fingerprint density at radius 2 is 1.61 bits per heavy atom. The molecule has 0 saturated carbocycles. The van der Waals surface area contributed by atoms with Crippen molar-refractivity contribution in [3.8, 4) is 17.3 Å². The summed E-state index contributed by atoms with van der Waals surface area (Å²) in [5, 5.41) is 9.28. The number of hydrogen-bond donors (Lipinski definition) is 2. The lowest BCUT2D eigenvalue weighted by molar-refractivity contribution is 0.726. The van der Waals surface area contributed by atoms with Gasteiger partial charge in [0.05, 0.1) is 5.69 Å². The van der Waals surface area contributed by atoms with Crippen LogP contribution in [-0.2, 0) is 0 Å². The lowest BCUT2D eigenvalue weighted by Gasteiger charge is -2.22. The Morgan fingerprint density at radius 3 is 2.22 bits per heavy atom. The Bertz CT molecular complexity index is 724. The molecule has 1 aromatic carbocycles. The van der Waals surface area contributed by atoms with Crippen molar-refractivity contribution in [2.24, 2.45) is 0 Å². The molecule has 1 saturated heterocycles. The summed E-state index contributed by atoms with van der Waals surface area (Å²) in [6, 6.07) is 10.1. The Kier molecular flexibility index (Phi) is 4.29. The highest BCUT2D eigenvalue weighted by Crippen LogP contribution is 2.28. The van der Waals surface area contributed by atoms with Crippen LogP contribution in [0.1, 0.15) is 31.2 Å². The van der Waals surface area contributed by atoms with Crippen LogP contribution in [0.4, 0.5) is 17.5 Å². The van der Waals surface area contributed by atoms with Crippen LogP contribution in [0.15, 0.2) is 24.3 Å². The van der Waals surface area contributed by atoms with E-state index >= 15 is 0 Å². The largest absolute Gasteiger partial charge is 0.382 e. The molecule has 4 N–H and O–H groups in total. The summed E-state index contributed by atoms with van der Waals surface area (Å²) in [6.45, 7) is 2.19. The van der Waals surface area contributed by atoms with Crippen molar-refractivity contribution < 1.29 is 0 Å². The first-order valence-corrected chi connectivity index (χ1v) is 7.87. The van der Waals surface area contributed by atoms with Crippen molar-refractivity contribution in [2.45, 2.75) is 25.7 Å². The smallest absolute Gasteiger partial charge is 0.222 e. The number of nitrogen functional groups attached to an aromatic ring is 2. The molecule has 23 heavy (non-hydrogen) atoms. The van der Waals surface area contributed by atoms with Gasteiger partial charge in [-0.25, -0.2) is 4.98 Å². The molecule has 0 unspecified atom stereocenters. The summed E-state index contributed by atoms with van der Waals surface area (Å²) >= 11 is 0. The van der Waals surface area contributed by atoms with E-state index in [1.165, 1.54) is 31.4 Å². The van der Waals surface area contributed by atoms with Gasteiger partial charge in [-0.1, -0.05) is 25.0 Å². The van der Waals surface area contributed by atoms with E-state index in [1.54, 1.807) is 0 Å². The number of hydrogen-bond acceptors (Lipinski definition) is 6. The molecule has 1 aromatic heterocycles. The molecule has 0 aliphatic carbocycles. The predicted octanol–water partition coefficient (Wildman–Crippen LogP) is 2.56. The molecule has 118 valence electrons. The number of anilines is 3. The van der Waals surface area contributed by atoms with Gasteiger partial charge in [-0.05, 0) is 25.0 Å². The maximum Gasteiger partial charge on any atom is 0.222 e. The summed E-state index contributed by atoms with van der Waals surface area (Å²) in [5.41, 5.74) is 14.2. The third-order valence-corrected chi connectivity index (χ3v) is 4.18. The van der Waals surface area contributed by atoms with E-state index in [4.69, 9.17) is 11.5 Å². The highest BCUT2D eigenvalue weighted by atomic mass is 15.1. The minimum absolute atomic E-state index is 0.0769. The van der Waals surface area contributed by atoms with Crippen LogP contribution in [0.25, 0.3) is 11.3 Å². The van der Waals surface area contributed by atoms with Crippen molar-refractivity contribution in [3.63, 3.8) is 0 Å². The minimum Gasteiger partial charge on any atom is -0.382 e. The molecule has 2 heterocycles. The topological polar surface area (TPSA) is 105 Å². The fourth-order valence-corrected chi connectivity index (χ4v) is 2.97. The van der Waals surface area contributed by atoms with Crippen molar-refractivity contribution in [1.82, 2.24) is 9.97 Å². The van der Waals surface area contributed by atoms with Crippen LogP contribution in [-0.4, -0.2) is 23.1 Å². The van der Waals surface area contributed by atoms with Crippen LogP contribution in [0, 0.1) is 11.3 Å². The van der Waals surface area contributed by atoms with E-state index in [0.29, 0.717) is 5.69 Å². The van der Waals surface area contributed by atoms with Crippen LogP contribution in [0.5, 0.6) is 0 Å². The van der Waals surface area contributed by atoms with E-state index in [0.717, 1.165) is 18.7 Å². The van der Waals surface area contributed by atoms with E-state index in [2.05, 4.69) is 33.1 Å². The fourth-order valence-electron chi connectivity index (χ4n) is 2.97. The number of benzene rings is 1. The molecule has 2 aromatic rings. The number of nitrogens with two attached hydrogens (primary N) is 2. The van der Waals surface area contributed by atoms with Gasteiger partial charge >= 0.3 is 0 Å². The molecule has 0 bridgehead atoms. The highest BCUT2D eigenvalue weighted by Gasteiger charge is 2.14. The monoisotopic (exact) mass is 308 g/mol. The molecule has 0 atom stereocenters. The number of aromatic nitrogens is 2. The second kappa shape index (κ2) is 6.53. The first-order valence-electron chi connectivity index (χ1n) is 7.87. The van der Waals surface area contributed by atoms with Crippen LogP contribution in [0.2, 0.25) is 0 Å². The van der Waals surface area contributed by atoms with Gasteiger partial charge in [0, 0.05) is 24.3 Å². The van der Waals surface area contributed by atoms with Gasteiger partial charge in [-0.2, -0.15) is 10.2 Å². The van der Waals surface area contributed by atoms with E-state index in [9.17, 15) is 5.26 Å². The molecule has 1 aliphatic heterocycles. The third kappa shape index (κ3) is 3.19. The van der Waals surface area contributed by atoms with Gasteiger partial charge in [0.15, 0.2) is 0 Å². The average molecular weight is 308 g/mol. The van der Waals surface area contributed by atoms with Crippen molar-refractivity contribution in [3.05, 3.63) is 29.8 Å². The van der Waals surface area contributed by atoms with Gasteiger partial charge < -0.3 is 16.4 Å². The molecular formula is C17H20N6. The number of rotatable bonds is 2. The molecule has 1 aliphatic rings. The molecule has 0 amide bonds. The predicted molar refractivity (Wildman–Crippen MR) is 91.7 cm³/mol. The Hall–Kier alpha value is -2.81. The van der Waals surface area contributed by atoms with Gasteiger partial charge in [0.2, 0.25) is 5.95 Å². The summed E-state index contributed by atoms with van der Waals surface area (Å²) < 4.78 is 0. The van der Waals surface area contributed by atoms with Crippen LogP contribution >= 0.6 is 0 Å². The van der Waals surface area contributed by atoms with Crippen LogP contribution in [0.3, 0.4) is 0 Å². The van der Waals surface area contributed by atoms with Crippen molar-refractivity contribution in [1.29, 1.82) is 5.26 Å². The lowest BCUT2D eigenvalue weighted by Crippen LogP contribution is -2.23. The highest BCUT2D eigenvalue weighted by molar-refractivity contribution is 5.74. The second-order valence-electron chi connectivity index (χ2n) is 5.75. The Morgan fingerprint density at radius 1 is 0.957 bits per heavy atom. The molecule has 0 radical (unpaired) electrons. The number of nitrogens with zero attached hydrogens (tertiary/aromatic N) is 4. The van der Waals surface area contributed by atoms with Crippen LogP contribution < -0.4 is 16.4 Å². The van der Waals surface area contributed by atoms with E-state index in [-0.39, 0.29) is 17.3 Å². The SMILES string of the molecule is N#Cc1c(N)nc(N)nc1-c1ccc(N2CCCCCC2)cc1. The summed E-state index contributed by atoms with van der Waals surface area (Å²) in [5.74, 6) is 0.194. The Balaban J connectivity index is 1.92. The van der Waals surface area contributed by atoms with Gasteiger partial charge in [-0.15, -0.1) is 0 Å². The number of nitriles is 1. The molecule has 1 fully saturated rings. The molecule has 0 spiro atoms. The Labute approximate surface area is 135 Å². The maximum atomic E-state index is 9.28. The molecule has 6 nitrogen and oxygen atoms in total. The maximum absolute atomic E-state index is 9.28.